The highest BCUT2D eigenvalue weighted by atomic mass is 16.4. The Labute approximate surface area is 98.5 Å². The molecule has 0 heterocycles. The standard InChI is InChI=1S/C12H25N3O/c1-3-15(8-7-12(13)14-16)11-6-4-5-10(2)9-11/h10-11,16H,3-9H2,1-2H3,(H2,13,14). The van der Waals surface area contributed by atoms with Gasteiger partial charge in [0.15, 0.2) is 0 Å². The summed E-state index contributed by atoms with van der Waals surface area (Å²) in [5.74, 6) is 1.18. The van der Waals surface area contributed by atoms with Crippen LogP contribution in [0.4, 0.5) is 0 Å². The summed E-state index contributed by atoms with van der Waals surface area (Å²) in [6.07, 6.45) is 5.97. The van der Waals surface area contributed by atoms with E-state index < -0.39 is 0 Å². The van der Waals surface area contributed by atoms with Gasteiger partial charge in [-0.1, -0.05) is 31.8 Å². The minimum absolute atomic E-state index is 0.335. The number of nitrogens with two attached hydrogens (primary N) is 1. The molecule has 0 bridgehead atoms. The zero-order chi connectivity index (χ0) is 12.0. The summed E-state index contributed by atoms with van der Waals surface area (Å²) >= 11 is 0. The highest BCUT2D eigenvalue weighted by Crippen LogP contribution is 2.27. The van der Waals surface area contributed by atoms with Crippen LogP contribution in [0.5, 0.6) is 0 Å². The Morgan fingerprint density at radius 3 is 2.81 bits per heavy atom. The summed E-state index contributed by atoms with van der Waals surface area (Å²) in [5.41, 5.74) is 5.51. The fraction of sp³-hybridized carbons (Fsp3) is 0.917. The molecule has 0 amide bonds. The number of hydrogen-bond donors (Lipinski definition) is 2. The van der Waals surface area contributed by atoms with Gasteiger partial charge in [0.25, 0.3) is 0 Å². The zero-order valence-corrected chi connectivity index (χ0v) is 10.5. The summed E-state index contributed by atoms with van der Waals surface area (Å²) in [6, 6.07) is 0.695. The molecule has 3 N–H and O–H groups in total. The number of oxime groups is 1. The van der Waals surface area contributed by atoms with E-state index in [1.54, 1.807) is 0 Å². The van der Waals surface area contributed by atoms with Gasteiger partial charge in [-0.25, -0.2) is 0 Å². The molecule has 0 radical (unpaired) electrons. The summed E-state index contributed by atoms with van der Waals surface area (Å²) in [7, 11) is 0. The van der Waals surface area contributed by atoms with Crippen LogP contribution in [0.25, 0.3) is 0 Å². The quantitative estimate of drug-likeness (QED) is 0.327. The maximum atomic E-state index is 8.52. The molecule has 16 heavy (non-hydrogen) atoms. The molecule has 0 aromatic heterocycles. The monoisotopic (exact) mass is 227 g/mol. The molecule has 0 aliphatic heterocycles. The van der Waals surface area contributed by atoms with Crippen molar-refractivity contribution >= 4 is 5.84 Å². The smallest absolute Gasteiger partial charge is 0.140 e. The molecule has 4 heteroatoms. The van der Waals surface area contributed by atoms with Gasteiger partial charge in [0, 0.05) is 19.0 Å². The van der Waals surface area contributed by atoms with E-state index >= 15 is 0 Å². The van der Waals surface area contributed by atoms with Gasteiger partial charge in [0.05, 0.1) is 0 Å². The lowest BCUT2D eigenvalue weighted by Crippen LogP contribution is -2.40. The second kappa shape index (κ2) is 6.74. The lowest BCUT2D eigenvalue weighted by molar-refractivity contribution is 0.143. The molecule has 1 rings (SSSR count). The summed E-state index contributed by atoms with van der Waals surface area (Å²) in [6.45, 7) is 6.48. The van der Waals surface area contributed by atoms with Gasteiger partial charge in [-0.05, 0) is 25.3 Å². The topological polar surface area (TPSA) is 61.8 Å². The van der Waals surface area contributed by atoms with Gasteiger partial charge in [0.1, 0.15) is 5.84 Å². The van der Waals surface area contributed by atoms with Crippen molar-refractivity contribution in [3.8, 4) is 0 Å². The zero-order valence-electron chi connectivity index (χ0n) is 10.5. The van der Waals surface area contributed by atoms with Crippen molar-refractivity contribution in [2.24, 2.45) is 16.8 Å². The maximum absolute atomic E-state index is 8.52. The number of nitrogens with zero attached hydrogens (tertiary/aromatic N) is 2. The maximum Gasteiger partial charge on any atom is 0.140 e. The van der Waals surface area contributed by atoms with Crippen molar-refractivity contribution in [2.45, 2.75) is 52.0 Å². The van der Waals surface area contributed by atoms with Crippen LogP contribution in [0.3, 0.4) is 0 Å². The first-order chi connectivity index (χ1) is 7.67. The van der Waals surface area contributed by atoms with Crippen LogP contribution in [-0.4, -0.2) is 35.1 Å². The molecule has 1 aliphatic rings. The Hall–Kier alpha value is -0.770. The normalized spacial score (nSPS) is 27.3. The molecular formula is C12H25N3O. The molecule has 4 nitrogen and oxygen atoms in total. The summed E-state index contributed by atoms with van der Waals surface area (Å²) in [4.78, 5) is 2.47. The summed E-state index contributed by atoms with van der Waals surface area (Å²) in [5, 5.41) is 11.5. The van der Waals surface area contributed by atoms with Crippen LogP contribution in [0, 0.1) is 5.92 Å². The number of hydrogen-bond acceptors (Lipinski definition) is 3. The second-order valence-corrected chi connectivity index (χ2v) is 4.90. The van der Waals surface area contributed by atoms with E-state index in [2.05, 4.69) is 23.9 Å². The predicted octanol–water partition coefficient (Wildman–Crippen LogP) is 2.02. The van der Waals surface area contributed by atoms with Crippen molar-refractivity contribution in [3.63, 3.8) is 0 Å². The average molecular weight is 227 g/mol. The first kappa shape index (κ1) is 13.3. The minimum Gasteiger partial charge on any atom is -0.409 e. The third-order valence-electron chi connectivity index (χ3n) is 3.61. The van der Waals surface area contributed by atoms with Gasteiger partial charge in [-0.2, -0.15) is 0 Å². The Balaban J connectivity index is 2.40. The molecular weight excluding hydrogens is 202 g/mol. The molecule has 1 fully saturated rings. The van der Waals surface area contributed by atoms with Crippen molar-refractivity contribution in [2.75, 3.05) is 13.1 Å². The molecule has 1 aliphatic carbocycles. The molecule has 0 aromatic carbocycles. The van der Waals surface area contributed by atoms with E-state index in [0.717, 1.165) is 19.0 Å². The lowest BCUT2D eigenvalue weighted by Gasteiger charge is -2.36. The number of amidine groups is 1. The molecule has 2 unspecified atom stereocenters. The van der Waals surface area contributed by atoms with Crippen molar-refractivity contribution < 1.29 is 5.21 Å². The second-order valence-electron chi connectivity index (χ2n) is 4.90. The van der Waals surface area contributed by atoms with E-state index in [0.29, 0.717) is 18.3 Å². The average Bonchev–Trinajstić information content (AvgIpc) is 2.29. The molecule has 1 saturated carbocycles. The van der Waals surface area contributed by atoms with Crippen LogP contribution in [-0.2, 0) is 0 Å². The van der Waals surface area contributed by atoms with E-state index in [1.807, 2.05) is 0 Å². The Bertz CT molecular complexity index is 230. The molecule has 2 atom stereocenters. The lowest BCUT2D eigenvalue weighted by atomic mass is 9.86. The van der Waals surface area contributed by atoms with Crippen LogP contribution in [0.2, 0.25) is 0 Å². The van der Waals surface area contributed by atoms with E-state index in [4.69, 9.17) is 10.9 Å². The van der Waals surface area contributed by atoms with E-state index in [9.17, 15) is 0 Å². The molecule has 0 saturated heterocycles. The Morgan fingerprint density at radius 1 is 1.50 bits per heavy atom. The van der Waals surface area contributed by atoms with Gasteiger partial charge in [0.2, 0.25) is 0 Å². The van der Waals surface area contributed by atoms with Crippen LogP contribution in [0.15, 0.2) is 5.16 Å². The molecule has 0 aromatic rings. The first-order valence-corrected chi connectivity index (χ1v) is 6.37. The highest BCUT2D eigenvalue weighted by molar-refractivity contribution is 5.79. The Kier molecular flexibility index (Phi) is 5.60. The highest BCUT2D eigenvalue weighted by Gasteiger charge is 2.23. The van der Waals surface area contributed by atoms with Crippen molar-refractivity contribution in [1.29, 1.82) is 0 Å². The van der Waals surface area contributed by atoms with Crippen molar-refractivity contribution in [1.82, 2.24) is 4.90 Å². The van der Waals surface area contributed by atoms with Gasteiger partial charge in [-0.3, -0.25) is 0 Å². The van der Waals surface area contributed by atoms with Crippen LogP contribution in [0.1, 0.15) is 46.0 Å². The first-order valence-electron chi connectivity index (χ1n) is 6.37. The molecule has 0 spiro atoms. The van der Waals surface area contributed by atoms with Gasteiger partial charge >= 0.3 is 0 Å². The minimum atomic E-state index is 0.335. The largest absolute Gasteiger partial charge is 0.409 e. The molecule has 94 valence electrons. The predicted molar refractivity (Wildman–Crippen MR) is 66.7 cm³/mol. The summed E-state index contributed by atoms with van der Waals surface area (Å²) < 4.78 is 0. The fourth-order valence-corrected chi connectivity index (χ4v) is 2.64. The van der Waals surface area contributed by atoms with Crippen LogP contribution >= 0.6 is 0 Å². The van der Waals surface area contributed by atoms with E-state index in [-0.39, 0.29) is 0 Å². The van der Waals surface area contributed by atoms with Gasteiger partial charge in [-0.15, -0.1) is 0 Å². The third kappa shape index (κ3) is 4.00. The van der Waals surface area contributed by atoms with Crippen LogP contribution < -0.4 is 5.73 Å². The van der Waals surface area contributed by atoms with Crippen molar-refractivity contribution in [3.05, 3.63) is 0 Å². The van der Waals surface area contributed by atoms with Gasteiger partial charge < -0.3 is 15.8 Å². The Morgan fingerprint density at radius 2 is 2.25 bits per heavy atom. The van der Waals surface area contributed by atoms with E-state index in [1.165, 1.54) is 25.7 Å². The fourth-order valence-electron chi connectivity index (χ4n) is 2.64. The third-order valence-corrected chi connectivity index (χ3v) is 3.61. The number of rotatable bonds is 5. The SMILES string of the molecule is CCN(CCC(N)=NO)C1CCCC(C)C1.